The molecule has 0 aliphatic rings. The summed E-state index contributed by atoms with van der Waals surface area (Å²) in [6.45, 7) is 9.97. The highest BCUT2D eigenvalue weighted by atomic mass is 79.9. The SMILES string of the molecule is CC(C)NC(=O)[C@@H](C)N(Cc1ccccc1)C(=O)COc1ccc(C(C)C)cc1Br. The number of carbonyl (C=O) groups is 2. The molecule has 2 aromatic rings. The van der Waals surface area contributed by atoms with Crippen molar-refractivity contribution in [2.24, 2.45) is 0 Å². The second-order valence-electron chi connectivity index (χ2n) is 7.98. The fourth-order valence-corrected chi connectivity index (χ4v) is 3.49. The number of rotatable bonds is 9. The Hall–Kier alpha value is -2.34. The number of halogens is 1. The average Bonchev–Trinajstić information content (AvgIpc) is 2.70. The lowest BCUT2D eigenvalue weighted by Crippen LogP contribution is -2.50. The molecule has 162 valence electrons. The van der Waals surface area contributed by atoms with Crippen molar-refractivity contribution in [1.82, 2.24) is 10.2 Å². The van der Waals surface area contributed by atoms with Crippen LogP contribution in [0.1, 0.15) is 51.7 Å². The fraction of sp³-hybridized carbons (Fsp3) is 0.417. The number of hydrogen-bond donors (Lipinski definition) is 1. The minimum atomic E-state index is -0.615. The van der Waals surface area contributed by atoms with Gasteiger partial charge in [-0.3, -0.25) is 9.59 Å². The van der Waals surface area contributed by atoms with Crippen molar-refractivity contribution in [3.8, 4) is 5.75 Å². The third-order valence-corrected chi connectivity index (χ3v) is 5.39. The molecular weight excluding hydrogens is 444 g/mol. The smallest absolute Gasteiger partial charge is 0.261 e. The zero-order valence-electron chi connectivity index (χ0n) is 18.3. The van der Waals surface area contributed by atoms with Gasteiger partial charge in [-0.1, -0.05) is 50.2 Å². The Labute approximate surface area is 187 Å². The molecule has 0 aliphatic heterocycles. The minimum Gasteiger partial charge on any atom is -0.483 e. The van der Waals surface area contributed by atoms with E-state index < -0.39 is 6.04 Å². The molecule has 0 heterocycles. The fourth-order valence-electron chi connectivity index (χ4n) is 2.98. The first-order valence-electron chi connectivity index (χ1n) is 10.2. The zero-order valence-corrected chi connectivity index (χ0v) is 19.9. The van der Waals surface area contributed by atoms with Gasteiger partial charge in [0.2, 0.25) is 5.91 Å². The Kier molecular flexibility index (Phi) is 8.90. The van der Waals surface area contributed by atoms with Gasteiger partial charge in [0, 0.05) is 12.6 Å². The summed E-state index contributed by atoms with van der Waals surface area (Å²) in [5.41, 5.74) is 2.14. The predicted octanol–water partition coefficient (Wildman–Crippen LogP) is 4.89. The summed E-state index contributed by atoms with van der Waals surface area (Å²) in [4.78, 5) is 27.2. The highest BCUT2D eigenvalue weighted by Crippen LogP contribution is 2.29. The van der Waals surface area contributed by atoms with E-state index >= 15 is 0 Å². The van der Waals surface area contributed by atoms with Gasteiger partial charge in [-0.05, 0) is 65.9 Å². The van der Waals surface area contributed by atoms with Gasteiger partial charge in [-0.15, -0.1) is 0 Å². The molecule has 0 aliphatic carbocycles. The van der Waals surface area contributed by atoms with Gasteiger partial charge in [0.25, 0.3) is 5.91 Å². The first-order chi connectivity index (χ1) is 14.2. The summed E-state index contributed by atoms with van der Waals surface area (Å²) < 4.78 is 6.60. The molecule has 2 rings (SSSR count). The van der Waals surface area contributed by atoms with Gasteiger partial charge >= 0.3 is 0 Å². The van der Waals surface area contributed by atoms with E-state index in [0.29, 0.717) is 18.2 Å². The zero-order chi connectivity index (χ0) is 22.3. The Morgan fingerprint density at radius 3 is 2.27 bits per heavy atom. The van der Waals surface area contributed by atoms with Crippen LogP contribution in [0.15, 0.2) is 53.0 Å². The number of ether oxygens (including phenoxy) is 1. The van der Waals surface area contributed by atoms with E-state index in [4.69, 9.17) is 4.74 Å². The molecule has 0 fully saturated rings. The summed E-state index contributed by atoms with van der Waals surface area (Å²) >= 11 is 3.52. The van der Waals surface area contributed by atoms with Crippen LogP contribution in [0.4, 0.5) is 0 Å². The van der Waals surface area contributed by atoms with Gasteiger partial charge in [-0.2, -0.15) is 0 Å². The molecule has 1 atom stereocenters. The lowest BCUT2D eigenvalue weighted by Gasteiger charge is -2.29. The normalized spacial score (nSPS) is 12.0. The molecule has 0 radical (unpaired) electrons. The summed E-state index contributed by atoms with van der Waals surface area (Å²) in [6, 6.07) is 14.9. The van der Waals surface area contributed by atoms with Gasteiger partial charge in [0.1, 0.15) is 11.8 Å². The molecule has 0 saturated carbocycles. The highest BCUT2D eigenvalue weighted by molar-refractivity contribution is 9.10. The van der Waals surface area contributed by atoms with Crippen LogP contribution in [-0.4, -0.2) is 35.4 Å². The first-order valence-corrected chi connectivity index (χ1v) is 11.0. The van der Waals surface area contributed by atoms with Crippen molar-refractivity contribution < 1.29 is 14.3 Å². The number of hydrogen-bond acceptors (Lipinski definition) is 3. The van der Waals surface area contributed by atoms with Crippen LogP contribution in [0.3, 0.4) is 0 Å². The third kappa shape index (κ3) is 6.87. The van der Waals surface area contributed by atoms with Crippen LogP contribution in [0, 0.1) is 0 Å². The summed E-state index contributed by atoms with van der Waals surface area (Å²) in [6.07, 6.45) is 0. The van der Waals surface area contributed by atoms with Crippen LogP contribution >= 0.6 is 15.9 Å². The average molecular weight is 475 g/mol. The predicted molar refractivity (Wildman–Crippen MR) is 123 cm³/mol. The van der Waals surface area contributed by atoms with Crippen molar-refractivity contribution in [2.75, 3.05) is 6.61 Å². The van der Waals surface area contributed by atoms with Crippen LogP contribution in [-0.2, 0) is 16.1 Å². The third-order valence-electron chi connectivity index (χ3n) is 4.77. The van der Waals surface area contributed by atoms with Crippen molar-refractivity contribution >= 4 is 27.7 Å². The lowest BCUT2D eigenvalue weighted by molar-refractivity contribution is -0.142. The molecule has 0 spiro atoms. The second-order valence-corrected chi connectivity index (χ2v) is 8.83. The van der Waals surface area contributed by atoms with E-state index in [1.807, 2.05) is 62.4 Å². The summed E-state index contributed by atoms with van der Waals surface area (Å²) in [5, 5.41) is 2.88. The molecule has 0 bridgehead atoms. The maximum atomic E-state index is 13.0. The maximum Gasteiger partial charge on any atom is 0.261 e. The van der Waals surface area contributed by atoms with Crippen molar-refractivity contribution in [1.29, 1.82) is 0 Å². The van der Waals surface area contributed by atoms with E-state index in [-0.39, 0.29) is 24.5 Å². The Bertz CT molecular complexity index is 853. The number of benzene rings is 2. The largest absolute Gasteiger partial charge is 0.483 e. The van der Waals surface area contributed by atoms with Gasteiger partial charge in [0.05, 0.1) is 4.47 Å². The second kappa shape index (κ2) is 11.2. The van der Waals surface area contributed by atoms with Crippen LogP contribution < -0.4 is 10.1 Å². The first kappa shape index (κ1) is 23.9. The van der Waals surface area contributed by atoms with Gasteiger partial charge in [-0.25, -0.2) is 0 Å². The molecule has 2 amide bonds. The van der Waals surface area contributed by atoms with E-state index in [9.17, 15) is 9.59 Å². The van der Waals surface area contributed by atoms with Crippen molar-refractivity contribution in [3.63, 3.8) is 0 Å². The Balaban J connectivity index is 2.14. The summed E-state index contributed by atoms with van der Waals surface area (Å²) in [5.74, 6) is 0.576. The number of carbonyl (C=O) groups excluding carboxylic acids is 2. The molecule has 5 nitrogen and oxygen atoms in total. The van der Waals surface area contributed by atoms with E-state index in [1.165, 1.54) is 5.56 Å². The van der Waals surface area contributed by atoms with Gasteiger partial charge < -0.3 is 15.0 Å². The molecule has 6 heteroatoms. The van der Waals surface area contributed by atoms with E-state index in [0.717, 1.165) is 10.0 Å². The lowest BCUT2D eigenvalue weighted by atomic mass is 10.0. The number of nitrogens with one attached hydrogen (secondary N) is 1. The quantitative estimate of drug-likeness (QED) is 0.562. The number of amides is 2. The summed E-state index contributed by atoms with van der Waals surface area (Å²) in [7, 11) is 0. The van der Waals surface area contributed by atoms with Crippen molar-refractivity contribution in [3.05, 3.63) is 64.1 Å². The monoisotopic (exact) mass is 474 g/mol. The Morgan fingerprint density at radius 2 is 1.70 bits per heavy atom. The van der Waals surface area contributed by atoms with Crippen LogP contribution in [0.5, 0.6) is 5.75 Å². The molecule has 0 saturated heterocycles. The molecule has 1 N–H and O–H groups in total. The van der Waals surface area contributed by atoms with Crippen LogP contribution in [0.2, 0.25) is 0 Å². The highest BCUT2D eigenvalue weighted by Gasteiger charge is 2.27. The molecule has 30 heavy (non-hydrogen) atoms. The van der Waals surface area contributed by atoms with E-state index in [1.54, 1.807) is 11.8 Å². The van der Waals surface area contributed by atoms with Gasteiger partial charge in [0.15, 0.2) is 6.61 Å². The molecular formula is C24H31BrN2O3. The molecule has 0 aromatic heterocycles. The topological polar surface area (TPSA) is 58.6 Å². The Morgan fingerprint density at radius 1 is 1.03 bits per heavy atom. The van der Waals surface area contributed by atoms with Crippen LogP contribution in [0.25, 0.3) is 0 Å². The molecule has 2 aromatic carbocycles. The minimum absolute atomic E-state index is 0.000282. The van der Waals surface area contributed by atoms with E-state index in [2.05, 4.69) is 35.1 Å². The maximum absolute atomic E-state index is 13.0. The standard InChI is InChI=1S/C24H31BrN2O3/c1-16(2)20-11-12-22(21(25)13-20)30-15-23(28)27(14-19-9-7-6-8-10-19)18(5)24(29)26-17(3)4/h6-13,16-18H,14-15H2,1-5H3,(H,26,29)/t18-/m1/s1. The van der Waals surface area contributed by atoms with Crippen molar-refractivity contribution in [2.45, 2.75) is 59.2 Å². The molecule has 0 unspecified atom stereocenters. The number of nitrogens with zero attached hydrogens (tertiary/aromatic N) is 1.